The second-order valence-corrected chi connectivity index (χ2v) is 6.96. The third kappa shape index (κ3) is 3.45. The fourth-order valence-corrected chi connectivity index (χ4v) is 3.64. The van der Waals surface area contributed by atoms with Gasteiger partial charge in [-0.2, -0.15) is 5.10 Å². The van der Waals surface area contributed by atoms with Crippen LogP contribution in [0, 0.1) is 37.8 Å². The van der Waals surface area contributed by atoms with Crippen LogP contribution in [0.1, 0.15) is 34.5 Å². The normalized spacial score (nSPS) is 11.0. The first kappa shape index (κ1) is 19.5. The van der Waals surface area contributed by atoms with Crippen LogP contribution in [0.5, 0.6) is 0 Å². The first-order valence-electron chi connectivity index (χ1n) is 9.04. The highest BCUT2D eigenvalue weighted by Crippen LogP contribution is 2.27. The van der Waals surface area contributed by atoms with E-state index in [-0.39, 0.29) is 18.0 Å². The average molecular weight is 381 g/mol. The van der Waals surface area contributed by atoms with Crippen molar-refractivity contribution in [3.8, 4) is 0 Å². The van der Waals surface area contributed by atoms with E-state index in [9.17, 15) is 14.9 Å². The predicted octanol–water partition coefficient (Wildman–Crippen LogP) is 3.68. The van der Waals surface area contributed by atoms with Crippen LogP contribution in [0.15, 0.2) is 18.2 Å². The Morgan fingerprint density at radius 2 is 1.89 bits per heavy atom. The minimum Gasteiger partial charge on any atom is -0.326 e. The van der Waals surface area contributed by atoms with Crippen molar-refractivity contribution >= 4 is 28.3 Å². The van der Waals surface area contributed by atoms with E-state index in [0.717, 1.165) is 33.5 Å². The molecule has 0 saturated carbocycles. The number of pyridine rings is 1. The summed E-state index contributed by atoms with van der Waals surface area (Å²) in [5, 5.41) is 19.3. The molecule has 3 rings (SSSR count). The molecule has 1 N–H and O–H groups in total. The molecule has 0 aliphatic rings. The molecule has 0 aliphatic carbocycles. The number of carbonyl (C=O) groups is 1. The molecule has 1 amide bonds. The van der Waals surface area contributed by atoms with Crippen LogP contribution < -0.4 is 5.32 Å². The topological polar surface area (TPSA) is 103 Å². The van der Waals surface area contributed by atoms with Gasteiger partial charge in [-0.3, -0.25) is 19.6 Å². The molecule has 2 aromatic heterocycles. The Morgan fingerprint density at radius 3 is 2.57 bits per heavy atom. The molecule has 0 aliphatic heterocycles. The molecular weight excluding hydrogens is 358 g/mol. The molecule has 0 radical (unpaired) electrons. The largest absolute Gasteiger partial charge is 0.326 e. The number of rotatable bonds is 5. The van der Waals surface area contributed by atoms with Gasteiger partial charge in [0.2, 0.25) is 5.91 Å². The molecule has 2 heterocycles. The summed E-state index contributed by atoms with van der Waals surface area (Å²) >= 11 is 0. The first-order valence-corrected chi connectivity index (χ1v) is 9.04. The molecule has 146 valence electrons. The van der Waals surface area contributed by atoms with Crippen LogP contribution in [0.4, 0.5) is 11.4 Å². The van der Waals surface area contributed by atoms with E-state index in [4.69, 9.17) is 0 Å². The molecule has 0 fully saturated rings. The van der Waals surface area contributed by atoms with Crippen molar-refractivity contribution in [3.05, 3.63) is 56.4 Å². The molecule has 8 nitrogen and oxygen atoms in total. The van der Waals surface area contributed by atoms with E-state index in [1.807, 2.05) is 27.8 Å². The third-order valence-electron chi connectivity index (χ3n) is 5.11. The van der Waals surface area contributed by atoms with Gasteiger partial charge < -0.3 is 5.32 Å². The molecule has 1 aromatic carbocycles. The number of anilines is 1. The molecule has 8 heteroatoms. The second kappa shape index (κ2) is 7.38. The van der Waals surface area contributed by atoms with E-state index in [1.165, 1.54) is 6.07 Å². The van der Waals surface area contributed by atoms with Crippen molar-refractivity contribution in [1.82, 2.24) is 14.8 Å². The minimum absolute atomic E-state index is 0.00815. The summed E-state index contributed by atoms with van der Waals surface area (Å²) < 4.78 is 1.77. The van der Waals surface area contributed by atoms with Gasteiger partial charge in [0.15, 0.2) is 5.65 Å². The first-order chi connectivity index (χ1) is 13.2. The number of benzene rings is 1. The molecule has 28 heavy (non-hydrogen) atoms. The number of aromatic nitrogens is 3. The Bertz CT molecular complexity index is 1100. The second-order valence-electron chi connectivity index (χ2n) is 6.96. The van der Waals surface area contributed by atoms with E-state index in [2.05, 4.69) is 15.4 Å². The van der Waals surface area contributed by atoms with E-state index in [0.29, 0.717) is 17.7 Å². The number of aryl methyl sites for hydroxylation is 4. The number of fused-ring (bicyclic) bond motifs is 1. The van der Waals surface area contributed by atoms with E-state index >= 15 is 0 Å². The number of nitro groups is 1. The Kier molecular flexibility index (Phi) is 5.13. The number of nitrogens with zero attached hydrogens (tertiary/aromatic N) is 4. The Balaban J connectivity index is 1.80. The van der Waals surface area contributed by atoms with Crippen LogP contribution >= 0.6 is 0 Å². The fourth-order valence-electron chi connectivity index (χ4n) is 3.64. The third-order valence-corrected chi connectivity index (χ3v) is 5.11. The number of nitrogens with one attached hydrogen (secondary N) is 1. The van der Waals surface area contributed by atoms with Crippen molar-refractivity contribution in [3.63, 3.8) is 0 Å². The maximum Gasteiger partial charge on any atom is 0.274 e. The van der Waals surface area contributed by atoms with Gasteiger partial charge in [-0.25, -0.2) is 4.98 Å². The summed E-state index contributed by atoms with van der Waals surface area (Å²) in [4.78, 5) is 27.7. The zero-order valence-electron chi connectivity index (χ0n) is 16.7. The van der Waals surface area contributed by atoms with Gasteiger partial charge in [-0.1, -0.05) is 6.07 Å². The van der Waals surface area contributed by atoms with Crippen molar-refractivity contribution in [1.29, 1.82) is 0 Å². The van der Waals surface area contributed by atoms with E-state index < -0.39 is 4.92 Å². The van der Waals surface area contributed by atoms with Gasteiger partial charge in [-0.05, 0) is 51.3 Å². The molecule has 0 bridgehead atoms. The monoisotopic (exact) mass is 381 g/mol. The highest BCUT2D eigenvalue weighted by Gasteiger charge is 2.18. The molecule has 0 spiro atoms. The summed E-state index contributed by atoms with van der Waals surface area (Å²) in [6, 6.07) is 4.66. The summed E-state index contributed by atoms with van der Waals surface area (Å²) in [6.45, 7) is 7.55. The summed E-state index contributed by atoms with van der Waals surface area (Å²) in [6.07, 6.45) is 0.797. The summed E-state index contributed by atoms with van der Waals surface area (Å²) in [5.41, 5.74) is 5.67. The summed E-state index contributed by atoms with van der Waals surface area (Å²) in [5.74, 6) is -0.189. The number of nitro benzene ring substituents is 1. The molecular formula is C20H23N5O3. The van der Waals surface area contributed by atoms with Gasteiger partial charge >= 0.3 is 0 Å². The van der Waals surface area contributed by atoms with Gasteiger partial charge in [0, 0.05) is 30.6 Å². The zero-order valence-corrected chi connectivity index (χ0v) is 16.7. The average Bonchev–Trinajstić information content (AvgIpc) is 2.90. The lowest BCUT2D eigenvalue weighted by Gasteiger charge is -2.12. The lowest BCUT2D eigenvalue weighted by atomic mass is 9.99. The Hall–Kier alpha value is -3.29. The van der Waals surface area contributed by atoms with Gasteiger partial charge in [-0.15, -0.1) is 0 Å². The molecule has 0 unspecified atom stereocenters. The van der Waals surface area contributed by atoms with Gasteiger partial charge in [0.1, 0.15) is 0 Å². The number of carbonyl (C=O) groups excluding carboxylic acids is 1. The van der Waals surface area contributed by atoms with Crippen LogP contribution in [0.25, 0.3) is 11.0 Å². The quantitative estimate of drug-likeness (QED) is 0.536. The lowest BCUT2D eigenvalue weighted by molar-refractivity contribution is -0.385. The number of amides is 1. The van der Waals surface area contributed by atoms with Gasteiger partial charge in [0.05, 0.1) is 21.9 Å². The zero-order chi connectivity index (χ0) is 20.6. The maximum absolute atomic E-state index is 12.5. The summed E-state index contributed by atoms with van der Waals surface area (Å²) in [7, 11) is 1.87. The Morgan fingerprint density at radius 1 is 1.18 bits per heavy atom. The van der Waals surface area contributed by atoms with Crippen LogP contribution in [-0.4, -0.2) is 25.6 Å². The van der Waals surface area contributed by atoms with Crippen LogP contribution in [0.2, 0.25) is 0 Å². The number of hydrogen-bond acceptors (Lipinski definition) is 5. The van der Waals surface area contributed by atoms with Crippen molar-refractivity contribution in [2.45, 2.75) is 40.5 Å². The highest BCUT2D eigenvalue weighted by molar-refractivity contribution is 5.92. The molecule has 0 saturated heterocycles. The van der Waals surface area contributed by atoms with Crippen LogP contribution in [-0.2, 0) is 18.3 Å². The fraction of sp³-hybridized carbons (Fsp3) is 0.350. The highest BCUT2D eigenvalue weighted by atomic mass is 16.6. The minimum atomic E-state index is -0.450. The van der Waals surface area contributed by atoms with Gasteiger partial charge in [0.25, 0.3) is 5.69 Å². The van der Waals surface area contributed by atoms with Crippen LogP contribution in [0.3, 0.4) is 0 Å². The van der Waals surface area contributed by atoms with E-state index in [1.54, 1.807) is 23.7 Å². The maximum atomic E-state index is 12.5. The lowest BCUT2D eigenvalue weighted by Crippen LogP contribution is -2.14. The smallest absolute Gasteiger partial charge is 0.274 e. The standard InChI is InChI=1S/C20H23N5O3/c1-11-15(13(3)21-20-19(11)14(4)23-24(20)5)9-10-18(26)22-16-7-6-8-17(12(16)2)25(27)28/h6-8H,9-10H2,1-5H3,(H,22,26). The van der Waals surface area contributed by atoms with Crippen molar-refractivity contribution in [2.24, 2.45) is 7.05 Å². The van der Waals surface area contributed by atoms with Crippen molar-refractivity contribution in [2.75, 3.05) is 5.32 Å². The Labute approximate surface area is 162 Å². The SMILES string of the molecule is Cc1nc2c(c(C)nn2C)c(C)c1CCC(=O)Nc1cccc([N+](=O)[O-])c1C. The number of hydrogen-bond donors (Lipinski definition) is 1. The predicted molar refractivity (Wildman–Crippen MR) is 108 cm³/mol. The molecule has 3 aromatic rings. The molecule has 0 atom stereocenters. The van der Waals surface area contributed by atoms with Crippen molar-refractivity contribution < 1.29 is 9.72 Å².